The van der Waals surface area contributed by atoms with E-state index in [9.17, 15) is 14.4 Å². The number of carbonyl (C=O) groups is 3. The standard InChI is InChI=1S/C50H96O6/c1-6-8-9-10-11-12-19-25-30-35-40-48(51)54-43-47(56-50(53)42-37-32-27-22-21-24-29-34-39-46(5)7-2)44-55-49(52)41-36-31-26-20-17-15-13-14-16-18-23-28-33-38-45(3)4/h45-47H,6-44H2,1-5H3/t46?,47-/m1/s1. The lowest BCUT2D eigenvalue weighted by Crippen LogP contribution is -2.30. The van der Waals surface area contributed by atoms with Crippen molar-refractivity contribution in [2.75, 3.05) is 13.2 Å². The predicted molar refractivity (Wildman–Crippen MR) is 238 cm³/mol. The quantitative estimate of drug-likeness (QED) is 0.0347. The Morgan fingerprint density at radius 3 is 1.02 bits per heavy atom. The van der Waals surface area contributed by atoms with Crippen LogP contribution in [0.3, 0.4) is 0 Å². The average Bonchev–Trinajstić information content (AvgIpc) is 3.18. The van der Waals surface area contributed by atoms with E-state index in [1.54, 1.807) is 0 Å². The van der Waals surface area contributed by atoms with E-state index in [1.807, 2.05) is 0 Å². The normalized spacial score (nSPS) is 12.5. The van der Waals surface area contributed by atoms with Crippen LogP contribution in [0.2, 0.25) is 0 Å². The number of esters is 3. The third-order valence-electron chi connectivity index (χ3n) is 11.6. The van der Waals surface area contributed by atoms with Gasteiger partial charge in [0.05, 0.1) is 0 Å². The summed E-state index contributed by atoms with van der Waals surface area (Å²) in [6, 6.07) is 0. The van der Waals surface area contributed by atoms with Gasteiger partial charge in [0.1, 0.15) is 13.2 Å². The first kappa shape index (κ1) is 54.4. The Labute approximate surface area is 348 Å². The number of rotatable bonds is 44. The van der Waals surface area contributed by atoms with Crippen LogP contribution in [0.25, 0.3) is 0 Å². The molecule has 0 aliphatic rings. The van der Waals surface area contributed by atoms with Gasteiger partial charge in [0, 0.05) is 19.3 Å². The Morgan fingerprint density at radius 2 is 0.679 bits per heavy atom. The van der Waals surface area contributed by atoms with Crippen molar-refractivity contribution in [3.63, 3.8) is 0 Å². The second-order valence-electron chi connectivity index (χ2n) is 17.8. The molecule has 6 heteroatoms. The highest BCUT2D eigenvalue weighted by molar-refractivity contribution is 5.71. The van der Waals surface area contributed by atoms with Crippen molar-refractivity contribution in [1.82, 2.24) is 0 Å². The third-order valence-corrected chi connectivity index (χ3v) is 11.6. The molecule has 0 aromatic carbocycles. The van der Waals surface area contributed by atoms with Gasteiger partial charge in [0.15, 0.2) is 6.10 Å². The Bertz CT molecular complexity index is 856. The summed E-state index contributed by atoms with van der Waals surface area (Å²) in [5.74, 6) is 0.831. The van der Waals surface area contributed by atoms with E-state index >= 15 is 0 Å². The zero-order valence-electron chi connectivity index (χ0n) is 38.3. The summed E-state index contributed by atoms with van der Waals surface area (Å²) in [6.45, 7) is 11.4. The number of unbranched alkanes of at least 4 members (excludes halogenated alkanes) is 28. The van der Waals surface area contributed by atoms with E-state index in [4.69, 9.17) is 14.2 Å². The number of carbonyl (C=O) groups excluding carboxylic acids is 3. The van der Waals surface area contributed by atoms with Crippen molar-refractivity contribution in [1.29, 1.82) is 0 Å². The van der Waals surface area contributed by atoms with Gasteiger partial charge >= 0.3 is 17.9 Å². The largest absolute Gasteiger partial charge is 0.462 e. The maximum atomic E-state index is 12.7. The van der Waals surface area contributed by atoms with E-state index in [1.165, 1.54) is 161 Å². The molecule has 0 aromatic heterocycles. The molecule has 0 spiro atoms. The summed E-state index contributed by atoms with van der Waals surface area (Å²) in [5.41, 5.74) is 0. The van der Waals surface area contributed by atoms with Gasteiger partial charge in [0.25, 0.3) is 0 Å². The zero-order valence-corrected chi connectivity index (χ0v) is 38.3. The highest BCUT2D eigenvalue weighted by atomic mass is 16.6. The number of hydrogen-bond acceptors (Lipinski definition) is 6. The Balaban J connectivity index is 4.29. The van der Waals surface area contributed by atoms with Crippen molar-refractivity contribution in [2.24, 2.45) is 11.8 Å². The van der Waals surface area contributed by atoms with Gasteiger partial charge in [-0.25, -0.2) is 0 Å². The lowest BCUT2D eigenvalue weighted by Gasteiger charge is -2.18. The monoisotopic (exact) mass is 793 g/mol. The van der Waals surface area contributed by atoms with Crippen molar-refractivity contribution in [3.05, 3.63) is 0 Å². The smallest absolute Gasteiger partial charge is 0.306 e. The molecule has 332 valence electrons. The van der Waals surface area contributed by atoms with E-state index in [2.05, 4.69) is 34.6 Å². The average molecular weight is 793 g/mol. The zero-order chi connectivity index (χ0) is 41.2. The molecule has 2 atom stereocenters. The summed E-state index contributed by atoms with van der Waals surface area (Å²) >= 11 is 0. The fraction of sp³-hybridized carbons (Fsp3) is 0.940. The second kappa shape index (κ2) is 43.0. The van der Waals surface area contributed by atoms with Crippen LogP contribution in [-0.2, 0) is 28.6 Å². The fourth-order valence-corrected chi connectivity index (χ4v) is 7.43. The van der Waals surface area contributed by atoms with E-state index in [0.29, 0.717) is 19.3 Å². The van der Waals surface area contributed by atoms with E-state index in [-0.39, 0.29) is 31.1 Å². The van der Waals surface area contributed by atoms with Crippen molar-refractivity contribution < 1.29 is 28.6 Å². The first-order chi connectivity index (χ1) is 27.3. The van der Waals surface area contributed by atoms with Gasteiger partial charge in [-0.15, -0.1) is 0 Å². The fourth-order valence-electron chi connectivity index (χ4n) is 7.43. The first-order valence-electron chi connectivity index (χ1n) is 24.8. The molecule has 0 heterocycles. The minimum absolute atomic E-state index is 0.0644. The highest BCUT2D eigenvalue weighted by Crippen LogP contribution is 2.17. The van der Waals surface area contributed by atoms with Crippen LogP contribution in [0, 0.1) is 11.8 Å². The molecule has 0 amide bonds. The van der Waals surface area contributed by atoms with Crippen LogP contribution < -0.4 is 0 Å². The van der Waals surface area contributed by atoms with E-state index < -0.39 is 6.10 Å². The van der Waals surface area contributed by atoms with Gasteiger partial charge in [-0.3, -0.25) is 14.4 Å². The number of hydrogen-bond donors (Lipinski definition) is 0. The first-order valence-corrected chi connectivity index (χ1v) is 24.8. The molecule has 6 nitrogen and oxygen atoms in total. The molecule has 0 bridgehead atoms. The van der Waals surface area contributed by atoms with Crippen LogP contribution in [0.4, 0.5) is 0 Å². The minimum Gasteiger partial charge on any atom is -0.462 e. The Morgan fingerprint density at radius 1 is 0.375 bits per heavy atom. The topological polar surface area (TPSA) is 78.9 Å². The molecular weight excluding hydrogens is 697 g/mol. The molecule has 0 N–H and O–H groups in total. The predicted octanol–water partition coefficient (Wildman–Crippen LogP) is 15.8. The molecular formula is C50H96O6. The molecule has 56 heavy (non-hydrogen) atoms. The van der Waals surface area contributed by atoms with Crippen molar-refractivity contribution in [3.8, 4) is 0 Å². The summed E-state index contributed by atoms with van der Waals surface area (Å²) in [4.78, 5) is 37.8. The van der Waals surface area contributed by atoms with Crippen LogP contribution in [0.15, 0.2) is 0 Å². The van der Waals surface area contributed by atoms with Gasteiger partial charge < -0.3 is 14.2 Å². The maximum Gasteiger partial charge on any atom is 0.306 e. The van der Waals surface area contributed by atoms with Gasteiger partial charge in [-0.05, 0) is 31.1 Å². The summed E-state index contributed by atoms with van der Waals surface area (Å²) in [5, 5.41) is 0. The molecule has 0 saturated carbocycles. The summed E-state index contributed by atoms with van der Waals surface area (Å²) in [7, 11) is 0. The molecule has 0 fully saturated rings. The highest BCUT2D eigenvalue weighted by Gasteiger charge is 2.19. The Kier molecular flexibility index (Phi) is 41.8. The van der Waals surface area contributed by atoms with Gasteiger partial charge in [-0.1, -0.05) is 234 Å². The SMILES string of the molecule is CCCCCCCCCCCCC(=O)OC[C@H](COC(=O)CCCCCCCCCCCCCCCC(C)C)OC(=O)CCCCCCCCCCC(C)CC. The van der Waals surface area contributed by atoms with E-state index in [0.717, 1.165) is 69.6 Å². The van der Waals surface area contributed by atoms with Crippen molar-refractivity contribution >= 4 is 17.9 Å². The van der Waals surface area contributed by atoms with Gasteiger partial charge in [0.2, 0.25) is 0 Å². The molecule has 1 unspecified atom stereocenters. The second-order valence-corrected chi connectivity index (χ2v) is 17.8. The lowest BCUT2D eigenvalue weighted by molar-refractivity contribution is -0.167. The van der Waals surface area contributed by atoms with Crippen LogP contribution in [0.5, 0.6) is 0 Å². The minimum atomic E-state index is -0.761. The molecule has 0 radical (unpaired) electrons. The molecule has 0 saturated heterocycles. The maximum absolute atomic E-state index is 12.7. The van der Waals surface area contributed by atoms with Crippen molar-refractivity contribution in [2.45, 2.75) is 278 Å². The van der Waals surface area contributed by atoms with Crippen LogP contribution in [0.1, 0.15) is 272 Å². The van der Waals surface area contributed by atoms with Crippen LogP contribution in [-0.4, -0.2) is 37.2 Å². The Hall–Kier alpha value is -1.59. The third kappa shape index (κ3) is 42.0. The molecule has 0 rings (SSSR count). The lowest BCUT2D eigenvalue weighted by atomic mass is 9.99. The molecule has 0 aliphatic carbocycles. The molecule has 0 aromatic rings. The molecule has 0 aliphatic heterocycles. The summed E-state index contributed by atoms with van der Waals surface area (Å²) < 4.78 is 16.8. The summed E-state index contributed by atoms with van der Waals surface area (Å²) in [6.07, 6.45) is 42.2. The van der Waals surface area contributed by atoms with Gasteiger partial charge in [-0.2, -0.15) is 0 Å². The van der Waals surface area contributed by atoms with Crippen LogP contribution >= 0.6 is 0 Å². The number of ether oxygens (including phenoxy) is 3.